The van der Waals surface area contributed by atoms with Gasteiger partial charge in [-0.2, -0.15) is 0 Å². The van der Waals surface area contributed by atoms with Crippen LogP contribution >= 0.6 is 0 Å². The molecule has 0 aliphatic heterocycles. The molecule has 96 valence electrons. The van der Waals surface area contributed by atoms with Gasteiger partial charge in [-0.3, -0.25) is 0 Å². The summed E-state index contributed by atoms with van der Waals surface area (Å²) >= 11 is 0. The van der Waals surface area contributed by atoms with Crippen molar-refractivity contribution in [3.63, 3.8) is 0 Å². The summed E-state index contributed by atoms with van der Waals surface area (Å²) < 4.78 is 9.56. The molecule has 0 heterocycles. The van der Waals surface area contributed by atoms with E-state index in [1.54, 1.807) is 37.4 Å². The zero-order chi connectivity index (χ0) is 13.4. The summed E-state index contributed by atoms with van der Waals surface area (Å²) in [6, 6.07) is 12.8. The second-order valence-electron chi connectivity index (χ2n) is 3.33. The molecule has 0 fully saturated rings. The van der Waals surface area contributed by atoms with Crippen LogP contribution in [-0.2, 0) is 0 Å². The Balaban J connectivity index is -0.000000270. The Labute approximate surface area is 214 Å². The number of hydrogen-bond acceptors (Lipinski definition) is 4. The molecule has 0 bridgehead atoms. The van der Waals surface area contributed by atoms with Gasteiger partial charge in [-0.05, 0) is 18.2 Å². The molecule has 0 aliphatic rings. The molecule has 2 aromatic rings. The Hall–Kier alpha value is 1.42. The zero-order valence-corrected chi connectivity index (χ0v) is 19.0. The van der Waals surface area contributed by atoms with Crippen molar-refractivity contribution < 1.29 is 19.7 Å². The van der Waals surface area contributed by atoms with Crippen molar-refractivity contribution in [3.8, 4) is 23.0 Å². The number of rotatable bonds is 2. The van der Waals surface area contributed by atoms with E-state index in [9.17, 15) is 10.2 Å². The largest absolute Gasteiger partial charge is 2.00 e. The molecule has 4 nitrogen and oxygen atoms in total. The van der Waals surface area contributed by atoms with Crippen LogP contribution in [0.15, 0.2) is 48.5 Å². The summed E-state index contributed by atoms with van der Waals surface area (Å²) in [6.07, 6.45) is 0. The van der Waals surface area contributed by atoms with Gasteiger partial charge in [-0.25, -0.2) is 0 Å². The SMILES string of the molecule is COc1ccc([O-])cc1.COc1ccccc1[O-].[Ca+2].[Ca+2].[Ca+2]. The summed E-state index contributed by atoms with van der Waals surface area (Å²) in [5, 5.41) is 21.2. The average Bonchev–Trinajstić information content (AvgIpc) is 2.41. The first kappa shape index (κ1) is 27.3. The Kier molecular flexibility index (Phi) is 21.1. The van der Waals surface area contributed by atoms with E-state index < -0.39 is 0 Å². The fourth-order valence-corrected chi connectivity index (χ4v) is 1.19. The molecule has 0 N–H and O–H groups in total. The molecule has 0 saturated heterocycles. The number of para-hydroxylation sites is 2. The summed E-state index contributed by atoms with van der Waals surface area (Å²) in [6.45, 7) is 0. The van der Waals surface area contributed by atoms with E-state index in [0.29, 0.717) is 5.75 Å². The third-order valence-corrected chi connectivity index (χ3v) is 2.13. The fraction of sp³-hybridized carbons (Fsp3) is 0.143. The van der Waals surface area contributed by atoms with Crippen LogP contribution in [-0.4, -0.2) is 127 Å². The minimum absolute atomic E-state index is 0. The quantitative estimate of drug-likeness (QED) is 0.722. The second kappa shape index (κ2) is 16.3. The van der Waals surface area contributed by atoms with Gasteiger partial charge in [0.25, 0.3) is 0 Å². The maximum absolute atomic E-state index is 10.7. The van der Waals surface area contributed by atoms with Gasteiger partial charge in [-0.15, -0.1) is 5.75 Å². The Morgan fingerprint density at radius 2 is 1.24 bits per heavy atom. The molecule has 2 rings (SSSR count). The standard InChI is InChI=1S/2C7H8O2.3Ca/c1-9-7-4-2-6(8)3-5-7;1-9-7-5-3-2-4-6(7)8;;;/h2*2-5,8H,1H3;;;/q;;3*+2/p-2. The van der Waals surface area contributed by atoms with Crippen LogP contribution in [0.5, 0.6) is 23.0 Å². The number of hydrogen-bond donors (Lipinski definition) is 0. The van der Waals surface area contributed by atoms with Gasteiger partial charge >= 0.3 is 113 Å². The molecule has 0 saturated carbocycles. The van der Waals surface area contributed by atoms with Gasteiger partial charge in [0, 0.05) is 0 Å². The van der Waals surface area contributed by atoms with Gasteiger partial charge in [0.05, 0.1) is 14.2 Å². The van der Waals surface area contributed by atoms with Crippen LogP contribution in [0.4, 0.5) is 0 Å². The van der Waals surface area contributed by atoms with Crippen LogP contribution in [0.3, 0.4) is 0 Å². The van der Waals surface area contributed by atoms with Gasteiger partial charge in [-0.1, -0.05) is 36.1 Å². The van der Waals surface area contributed by atoms with Crippen LogP contribution in [0, 0.1) is 0 Å². The number of ether oxygens (including phenoxy) is 2. The zero-order valence-electron chi connectivity index (χ0n) is 12.4. The smallest absolute Gasteiger partial charge is 0.872 e. The molecule has 2 aromatic carbocycles. The molecule has 0 unspecified atom stereocenters. The topological polar surface area (TPSA) is 64.6 Å². The van der Waals surface area contributed by atoms with Gasteiger partial charge in [0.15, 0.2) is 0 Å². The molecule has 0 radical (unpaired) electrons. The van der Waals surface area contributed by atoms with Crippen molar-refractivity contribution >= 4 is 113 Å². The van der Waals surface area contributed by atoms with Crippen LogP contribution < -0.4 is 19.7 Å². The fourth-order valence-electron chi connectivity index (χ4n) is 1.19. The van der Waals surface area contributed by atoms with Crippen molar-refractivity contribution in [2.75, 3.05) is 14.2 Å². The van der Waals surface area contributed by atoms with Crippen molar-refractivity contribution in [3.05, 3.63) is 48.5 Å². The third-order valence-electron chi connectivity index (χ3n) is 2.13. The van der Waals surface area contributed by atoms with Crippen LogP contribution in [0.2, 0.25) is 0 Å². The Morgan fingerprint density at radius 1 is 0.714 bits per heavy atom. The van der Waals surface area contributed by atoms with E-state index in [4.69, 9.17) is 9.47 Å². The van der Waals surface area contributed by atoms with E-state index in [0.717, 1.165) is 5.75 Å². The number of methoxy groups -OCH3 is 2. The monoisotopic (exact) mass is 366 g/mol. The third kappa shape index (κ3) is 11.6. The first-order chi connectivity index (χ1) is 8.67. The molecule has 0 spiro atoms. The molecule has 0 amide bonds. The van der Waals surface area contributed by atoms with E-state index >= 15 is 0 Å². The Bertz CT molecular complexity index is 478. The molecular weight excluding hydrogens is 352 g/mol. The summed E-state index contributed by atoms with van der Waals surface area (Å²) in [5.41, 5.74) is 0. The second-order valence-corrected chi connectivity index (χ2v) is 3.33. The molecule has 0 atom stereocenters. The van der Waals surface area contributed by atoms with Crippen molar-refractivity contribution in [1.29, 1.82) is 0 Å². The summed E-state index contributed by atoms with van der Waals surface area (Å²) in [4.78, 5) is 0. The van der Waals surface area contributed by atoms with Crippen LogP contribution in [0.1, 0.15) is 0 Å². The Morgan fingerprint density at radius 3 is 1.62 bits per heavy atom. The normalized spacial score (nSPS) is 7.71. The predicted octanol–water partition coefficient (Wildman–Crippen LogP) is 0.395. The first-order valence-corrected chi connectivity index (χ1v) is 5.28. The molecular formula is C14H14Ca3O4+4. The van der Waals surface area contributed by atoms with Gasteiger partial charge < -0.3 is 19.7 Å². The van der Waals surface area contributed by atoms with E-state index in [-0.39, 0.29) is 125 Å². The minimum atomic E-state index is -0.0694. The van der Waals surface area contributed by atoms with Crippen LogP contribution in [0.25, 0.3) is 0 Å². The van der Waals surface area contributed by atoms with Gasteiger partial charge in [0.2, 0.25) is 0 Å². The molecule has 21 heavy (non-hydrogen) atoms. The number of benzene rings is 2. The maximum Gasteiger partial charge on any atom is 2.00 e. The predicted molar refractivity (Wildman–Crippen MR) is 82.1 cm³/mol. The average molecular weight is 366 g/mol. The summed E-state index contributed by atoms with van der Waals surface area (Å²) in [7, 11) is 3.05. The molecule has 7 heteroatoms. The summed E-state index contributed by atoms with van der Waals surface area (Å²) in [5.74, 6) is 1.06. The van der Waals surface area contributed by atoms with Crippen molar-refractivity contribution in [2.24, 2.45) is 0 Å². The first-order valence-electron chi connectivity index (χ1n) is 5.28. The van der Waals surface area contributed by atoms with E-state index in [1.165, 1.54) is 25.3 Å². The molecule has 0 aromatic heterocycles. The van der Waals surface area contributed by atoms with Gasteiger partial charge in [0.1, 0.15) is 11.5 Å². The van der Waals surface area contributed by atoms with Crippen molar-refractivity contribution in [2.45, 2.75) is 0 Å². The minimum Gasteiger partial charge on any atom is -0.872 e. The van der Waals surface area contributed by atoms with E-state index in [2.05, 4.69) is 0 Å². The molecule has 0 aliphatic carbocycles. The maximum atomic E-state index is 10.7. The van der Waals surface area contributed by atoms with Crippen molar-refractivity contribution in [1.82, 2.24) is 0 Å². The van der Waals surface area contributed by atoms with E-state index in [1.807, 2.05) is 0 Å².